The van der Waals surface area contributed by atoms with Crippen molar-refractivity contribution in [2.75, 3.05) is 13.7 Å². The molecule has 2 amide bonds. The summed E-state index contributed by atoms with van der Waals surface area (Å²) in [4.78, 5) is 24.0. The van der Waals surface area contributed by atoms with Gasteiger partial charge in [-0.25, -0.2) is 0 Å². The summed E-state index contributed by atoms with van der Waals surface area (Å²) < 4.78 is 10.9. The van der Waals surface area contributed by atoms with Gasteiger partial charge in [-0.2, -0.15) is 0 Å². The summed E-state index contributed by atoms with van der Waals surface area (Å²) >= 11 is 0. The Morgan fingerprint density at radius 2 is 1.70 bits per heavy atom. The van der Waals surface area contributed by atoms with Crippen LogP contribution in [-0.4, -0.2) is 25.5 Å². The molecule has 2 rings (SSSR count). The van der Waals surface area contributed by atoms with Gasteiger partial charge in [-0.3, -0.25) is 20.4 Å². The molecule has 0 saturated carbocycles. The number of nitrogens with one attached hydrogen (secondary N) is 2. The van der Waals surface area contributed by atoms with Gasteiger partial charge in [0.15, 0.2) is 6.61 Å². The van der Waals surface area contributed by atoms with Crippen molar-refractivity contribution in [1.82, 2.24) is 10.9 Å². The maximum Gasteiger partial charge on any atom is 0.276 e. The smallest absolute Gasteiger partial charge is 0.276 e. The number of para-hydroxylation sites is 1. The lowest BCUT2D eigenvalue weighted by Gasteiger charge is -2.15. The number of hydrogen-bond acceptors (Lipinski definition) is 4. The summed E-state index contributed by atoms with van der Waals surface area (Å²) in [7, 11) is 1.55. The minimum Gasteiger partial charge on any atom is -0.496 e. The van der Waals surface area contributed by atoms with Gasteiger partial charge in [0, 0.05) is 5.56 Å². The fourth-order valence-corrected chi connectivity index (χ4v) is 2.63. The summed E-state index contributed by atoms with van der Waals surface area (Å²) in [5, 5.41) is 0. The normalized spacial score (nSPS) is 10.4. The molecule has 0 aromatic heterocycles. The first kappa shape index (κ1) is 20.3. The molecule has 0 spiro atoms. The monoisotopic (exact) mass is 370 g/mol. The van der Waals surface area contributed by atoms with Crippen LogP contribution >= 0.6 is 0 Å². The average molecular weight is 370 g/mol. The van der Waals surface area contributed by atoms with Crippen LogP contribution in [0, 0.1) is 6.92 Å². The molecular weight excluding hydrogens is 344 g/mol. The molecule has 0 aliphatic carbocycles. The number of amides is 2. The van der Waals surface area contributed by atoms with E-state index in [0.717, 1.165) is 16.7 Å². The lowest BCUT2D eigenvalue weighted by Crippen LogP contribution is -2.44. The van der Waals surface area contributed by atoms with Gasteiger partial charge < -0.3 is 9.47 Å². The summed E-state index contributed by atoms with van der Waals surface area (Å²) in [6.45, 7) is 5.92. The van der Waals surface area contributed by atoms with Gasteiger partial charge in [0.05, 0.1) is 13.5 Å². The zero-order valence-corrected chi connectivity index (χ0v) is 16.2. The predicted octanol–water partition coefficient (Wildman–Crippen LogP) is 2.90. The molecular formula is C21H26N2O4. The number of methoxy groups -OCH3 is 1. The SMILES string of the molecule is COc1ccccc1CC(=O)NNC(=O)COc1cc(C)ccc1C(C)C. The van der Waals surface area contributed by atoms with Crippen molar-refractivity contribution < 1.29 is 19.1 Å². The zero-order chi connectivity index (χ0) is 19.8. The van der Waals surface area contributed by atoms with E-state index < -0.39 is 5.91 Å². The minimum absolute atomic E-state index is 0.0977. The van der Waals surface area contributed by atoms with Crippen LogP contribution in [0.25, 0.3) is 0 Å². The highest BCUT2D eigenvalue weighted by atomic mass is 16.5. The fourth-order valence-electron chi connectivity index (χ4n) is 2.63. The molecule has 2 aromatic rings. The first-order valence-corrected chi connectivity index (χ1v) is 8.83. The Bertz CT molecular complexity index is 803. The molecule has 0 atom stereocenters. The number of ether oxygens (including phenoxy) is 2. The van der Waals surface area contributed by atoms with Crippen molar-refractivity contribution in [3.05, 3.63) is 59.2 Å². The fraction of sp³-hybridized carbons (Fsp3) is 0.333. The molecule has 0 radical (unpaired) electrons. The number of hydrazine groups is 1. The molecule has 0 bridgehead atoms. The predicted molar refractivity (Wildman–Crippen MR) is 104 cm³/mol. The van der Waals surface area contributed by atoms with Gasteiger partial charge in [0.25, 0.3) is 5.91 Å². The van der Waals surface area contributed by atoms with E-state index in [2.05, 4.69) is 24.7 Å². The summed E-state index contributed by atoms with van der Waals surface area (Å²) in [6.07, 6.45) is 0.0977. The molecule has 0 heterocycles. The molecule has 27 heavy (non-hydrogen) atoms. The van der Waals surface area contributed by atoms with Crippen LogP contribution < -0.4 is 20.3 Å². The van der Waals surface area contributed by atoms with Crippen LogP contribution in [0.1, 0.15) is 36.5 Å². The maximum absolute atomic E-state index is 12.0. The largest absolute Gasteiger partial charge is 0.496 e. The topological polar surface area (TPSA) is 76.7 Å². The maximum atomic E-state index is 12.0. The Kier molecular flexibility index (Phi) is 7.23. The number of aryl methyl sites for hydroxylation is 1. The Hall–Kier alpha value is -3.02. The van der Waals surface area contributed by atoms with E-state index in [0.29, 0.717) is 11.5 Å². The van der Waals surface area contributed by atoms with E-state index in [4.69, 9.17) is 9.47 Å². The standard InChI is InChI=1S/C21H26N2O4/c1-14(2)17-10-9-15(3)11-19(17)27-13-21(25)23-22-20(24)12-16-7-5-6-8-18(16)26-4/h5-11,14H,12-13H2,1-4H3,(H,22,24)(H,23,25). The van der Waals surface area contributed by atoms with Crippen LogP contribution in [0.5, 0.6) is 11.5 Å². The lowest BCUT2D eigenvalue weighted by molar-refractivity contribution is -0.129. The third kappa shape index (κ3) is 6.02. The minimum atomic E-state index is -0.431. The number of carbonyl (C=O) groups excluding carboxylic acids is 2. The van der Waals surface area contributed by atoms with Crippen molar-refractivity contribution in [2.24, 2.45) is 0 Å². The number of benzene rings is 2. The van der Waals surface area contributed by atoms with E-state index in [-0.39, 0.29) is 24.9 Å². The Balaban J connectivity index is 1.84. The Morgan fingerprint density at radius 1 is 1.00 bits per heavy atom. The van der Waals surface area contributed by atoms with Crippen molar-refractivity contribution >= 4 is 11.8 Å². The summed E-state index contributed by atoms with van der Waals surface area (Å²) in [5.74, 6) is 0.818. The highest BCUT2D eigenvalue weighted by Gasteiger charge is 2.12. The lowest BCUT2D eigenvalue weighted by atomic mass is 10.0. The van der Waals surface area contributed by atoms with Crippen molar-refractivity contribution in [2.45, 2.75) is 33.1 Å². The Labute approximate surface area is 159 Å². The molecule has 0 aliphatic rings. The molecule has 0 saturated heterocycles. The Morgan fingerprint density at radius 3 is 2.41 bits per heavy atom. The second kappa shape index (κ2) is 9.62. The van der Waals surface area contributed by atoms with Crippen LogP contribution in [-0.2, 0) is 16.0 Å². The average Bonchev–Trinajstić information content (AvgIpc) is 2.65. The second-order valence-corrected chi connectivity index (χ2v) is 6.57. The second-order valence-electron chi connectivity index (χ2n) is 6.57. The van der Waals surface area contributed by atoms with Gasteiger partial charge in [0.1, 0.15) is 11.5 Å². The highest BCUT2D eigenvalue weighted by Crippen LogP contribution is 2.27. The van der Waals surface area contributed by atoms with E-state index in [1.54, 1.807) is 19.2 Å². The van der Waals surface area contributed by atoms with Gasteiger partial charge in [-0.15, -0.1) is 0 Å². The highest BCUT2D eigenvalue weighted by molar-refractivity contribution is 5.84. The summed E-state index contributed by atoms with van der Waals surface area (Å²) in [6, 6.07) is 13.2. The first-order chi connectivity index (χ1) is 12.9. The van der Waals surface area contributed by atoms with E-state index in [1.165, 1.54) is 0 Å². The molecule has 6 nitrogen and oxygen atoms in total. The third-order valence-electron chi connectivity index (χ3n) is 4.03. The van der Waals surface area contributed by atoms with Crippen molar-refractivity contribution in [3.63, 3.8) is 0 Å². The summed E-state index contributed by atoms with van der Waals surface area (Å²) in [5.41, 5.74) is 7.59. The van der Waals surface area contributed by atoms with Gasteiger partial charge in [-0.1, -0.05) is 44.2 Å². The molecule has 2 N–H and O–H groups in total. The van der Waals surface area contributed by atoms with Crippen LogP contribution in [0.3, 0.4) is 0 Å². The van der Waals surface area contributed by atoms with E-state index in [9.17, 15) is 9.59 Å². The van der Waals surface area contributed by atoms with Crippen LogP contribution in [0.2, 0.25) is 0 Å². The molecule has 0 aliphatic heterocycles. The van der Waals surface area contributed by atoms with Gasteiger partial charge in [-0.05, 0) is 36.1 Å². The first-order valence-electron chi connectivity index (χ1n) is 8.83. The van der Waals surface area contributed by atoms with Crippen molar-refractivity contribution in [3.8, 4) is 11.5 Å². The number of carbonyl (C=O) groups is 2. The van der Waals surface area contributed by atoms with Gasteiger partial charge in [0.2, 0.25) is 5.91 Å². The molecule has 2 aromatic carbocycles. The van der Waals surface area contributed by atoms with Crippen LogP contribution in [0.15, 0.2) is 42.5 Å². The molecule has 0 fully saturated rings. The number of rotatable bonds is 7. The molecule has 144 valence electrons. The van der Waals surface area contributed by atoms with E-state index in [1.807, 2.05) is 37.3 Å². The van der Waals surface area contributed by atoms with Crippen LogP contribution in [0.4, 0.5) is 0 Å². The molecule has 6 heteroatoms. The third-order valence-corrected chi connectivity index (χ3v) is 4.03. The van der Waals surface area contributed by atoms with Gasteiger partial charge >= 0.3 is 0 Å². The number of hydrogen-bond donors (Lipinski definition) is 2. The van der Waals surface area contributed by atoms with E-state index >= 15 is 0 Å². The van der Waals surface area contributed by atoms with Crippen molar-refractivity contribution in [1.29, 1.82) is 0 Å². The molecule has 0 unspecified atom stereocenters. The zero-order valence-electron chi connectivity index (χ0n) is 16.2. The quantitative estimate of drug-likeness (QED) is 0.735.